The predicted octanol–water partition coefficient (Wildman–Crippen LogP) is 2.94. The van der Waals surface area contributed by atoms with E-state index in [1.807, 2.05) is 13.8 Å². The van der Waals surface area contributed by atoms with Gasteiger partial charge in [0.15, 0.2) is 5.82 Å². The molecule has 0 fully saturated rings. The summed E-state index contributed by atoms with van der Waals surface area (Å²) < 4.78 is 0. The smallest absolute Gasteiger partial charge is 0.338 e. The van der Waals surface area contributed by atoms with Gasteiger partial charge in [-0.05, 0) is 17.4 Å². The van der Waals surface area contributed by atoms with Crippen LogP contribution in [0.3, 0.4) is 0 Å². The van der Waals surface area contributed by atoms with Crippen molar-refractivity contribution in [2.24, 2.45) is 0 Å². The predicted molar refractivity (Wildman–Crippen MR) is 76.6 cm³/mol. The molecule has 2 aromatic rings. The van der Waals surface area contributed by atoms with Gasteiger partial charge >= 0.3 is 12.0 Å². The van der Waals surface area contributed by atoms with Crippen LogP contribution in [0.1, 0.15) is 35.8 Å². The lowest BCUT2D eigenvalue weighted by Crippen LogP contribution is -2.20. The molecule has 20 heavy (non-hydrogen) atoms. The standard InChI is InChI=1S/C12H14N4O3S/c1-6(2)8-5-9(16-15-8)13-12(19)14-10-7(11(17)18)3-4-20-10/h3-6H,1-2H3,(H,17,18)(H3,13,14,15,16,19). The van der Waals surface area contributed by atoms with Gasteiger partial charge in [-0.2, -0.15) is 5.10 Å². The number of carboxylic acids is 1. The molecule has 0 saturated carbocycles. The number of urea groups is 1. The molecular weight excluding hydrogens is 280 g/mol. The van der Waals surface area contributed by atoms with Crippen molar-refractivity contribution in [3.8, 4) is 0 Å². The molecule has 0 aromatic carbocycles. The highest BCUT2D eigenvalue weighted by atomic mass is 32.1. The summed E-state index contributed by atoms with van der Waals surface area (Å²) >= 11 is 1.15. The van der Waals surface area contributed by atoms with Gasteiger partial charge in [0.25, 0.3) is 0 Å². The molecule has 0 spiro atoms. The molecule has 0 atom stereocenters. The Bertz CT molecular complexity index is 632. The number of nitrogens with one attached hydrogen (secondary N) is 3. The van der Waals surface area contributed by atoms with Gasteiger partial charge in [0.05, 0.1) is 5.56 Å². The Kier molecular flexibility index (Phi) is 4.04. The minimum Gasteiger partial charge on any atom is -0.478 e. The Morgan fingerprint density at radius 1 is 1.40 bits per heavy atom. The van der Waals surface area contributed by atoms with Crippen LogP contribution in [0.2, 0.25) is 0 Å². The molecule has 2 rings (SSSR count). The number of carbonyl (C=O) groups is 2. The summed E-state index contributed by atoms with van der Waals surface area (Å²) in [6.07, 6.45) is 0. The molecular formula is C12H14N4O3S. The largest absolute Gasteiger partial charge is 0.478 e. The molecule has 2 aromatic heterocycles. The summed E-state index contributed by atoms with van der Waals surface area (Å²) in [4.78, 5) is 22.7. The number of hydrogen-bond donors (Lipinski definition) is 4. The molecule has 106 valence electrons. The molecule has 8 heteroatoms. The van der Waals surface area contributed by atoms with Crippen molar-refractivity contribution in [3.63, 3.8) is 0 Å². The van der Waals surface area contributed by atoms with E-state index in [1.54, 1.807) is 11.4 Å². The van der Waals surface area contributed by atoms with E-state index in [1.165, 1.54) is 6.07 Å². The molecule has 0 saturated heterocycles. The fourth-order valence-corrected chi connectivity index (χ4v) is 2.30. The number of thiophene rings is 1. The summed E-state index contributed by atoms with van der Waals surface area (Å²) in [5.74, 6) is -0.417. The van der Waals surface area contributed by atoms with Gasteiger partial charge < -0.3 is 5.11 Å². The van der Waals surface area contributed by atoms with Crippen LogP contribution in [-0.4, -0.2) is 27.3 Å². The Balaban J connectivity index is 2.01. The number of aromatic amines is 1. The molecule has 0 aliphatic heterocycles. The molecule has 7 nitrogen and oxygen atoms in total. The number of nitrogens with zero attached hydrogens (tertiary/aromatic N) is 1. The summed E-state index contributed by atoms with van der Waals surface area (Å²) in [5, 5.41) is 22.6. The third-order valence-electron chi connectivity index (χ3n) is 2.58. The van der Waals surface area contributed by atoms with Gasteiger partial charge in [-0.1, -0.05) is 13.8 Å². The van der Waals surface area contributed by atoms with E-state index < -0.39 is 12.0 Å². The molecule has 4 N–H and O–H groups in total. The number of carbonyl (C=O) groups excluding carboxylic acids is 1. The SMILES string of the molecule is CC(C)c1cc(NC(=O)Nc2sccc2C(=O)O)n[nH]1. The zero-order valence-electron chi connectivity index (χ0n) is 10.9. The Hall–Kier alpha value is -2.35. The Labute approximate surface area is 119 Å². The first kappa shape index (κ1) is 14.1. The van der Waals surface area contributed by atoms with E-state index >= 15 is 0 Å². The minimum atomic E-state index is -1.08. The highest BCUT2D eigenvalue weighted by molar-refractivity contribution is 7.14. The van der Waals surface area contributed by atoms with Gasteiger partial charge in [0.1, 0.15) is 5.00 Å². The molecule has 0 aliphatic rings. The van der Waals surface area contributed by atoms with E-state index in [2.05, 4.69) is 20.8 Å². The third-order valence-corrected chi connectivity index (χ3v) is 3.41. The monoisotopic (exact) mass is 294 g/mol. The fraction of sp³-hybridized carbons (Fsp3) is 0.250. The summed E-state index contributed by atoms with van der Waals surface area (Å²) in [6.45, 7) is 4.00. The van der Waals surface area contributed by atoms with E-state index in [0.29, 0.717) is 5.82 Å². The number of anilines is 2. The summed E-state index contributed by atoms with van der Waals surface area (Å²) in [5.41, 5.74) is 0.970. The molecule has 2 heterocycles. The number of H-pyrrole nitrogens is 1. The second-order valence-corrected chi connectivity index (χ2v) is 5.33. The van der Waals surface area contributed by atoms with E-state index in [9.17, 15) is 9.59 Å². The number of aromatic carboxylic acids is 1. The molecule has 0 aliphatic carbocycles. The maximum atomic E-state index is 11.8. The van der Waals surface area contributed by atoms with Gasteiger partial charge in [-0.25, -0.2) is 9.59 Å². The first-order valence-electron chi connectivity index (χ1n) is 5.91. The van der Waals surface area contributed by atoms with Gasteiger partial charge in [0, 0.05) is 11.8 Å². The van der Waals surface area contributed by atoms with Crippen molar-refractivity contribution in [1.82, 2.24) is 10.2 Å². The minimum absolute atomic E-state index is 0.0649. The van der Waals surface area contributed by atoms with Crippen molar-refractivity contribution >= 4 is 34.2 Å². The number of hydrogen-bond acceptors (Lipinski definition) is 4. The van der Waals surface area contributed by atoms with Crippen LogP contribution in [0.15, 0.2) is 17.5 Å². The van der Waals surface area contributed by atoms with Gasteiger partial charge in [-0.15, -0.1) is 11.3 Å². The van der Waals surface area contributed by atoms with Crippen molar-refractivity contribution < 1.29 is 14.7 Å². The van der Waals surface area contributed by atoms with Crippen molar-refractivity contribution in [1.29, 1.82) is 0 Å². The average Bonchev–Trinajstić information content (AvgIpc) is 2.97. The van der Waals surface area contributed by atoms with Crippen LogP contribution >= 0.6 is 11.3 Å². The lowest BCUT2D eigenvalue weighted by molar-refractivity contribution is 0.0698. The lowest BCUT2D eigenvalue weighted by Gasteiger charge is -2.04. The van der Waals surface area contributed by atoms with Gasteiger partial charge in [-0.3, -0.25) is 15.7 Å². The van der Waals surface area contributed by atoms with Crippen molar-refractivity contribution in [2.75, 3.05) is 10.6 Å². The van der Waals surface area contributed by atoms with Crippen LogP contribution in [0.4, 0.5) is 15.6 Å². The van der Waals surface area contributed by atoms with Crippen LogP contribution in [0.5, 0.6) is 0 Å². The topological polar surface area (TPSA) is 107 Å². The molecule has 0 radical (unpaired) electrons. The normalized spacial score (nSPS) is 10.6. The Morgan fingerprint density at radius 2 is 2.15 bits per heavy atom. The number of amides is 2. The average molecular weight is 294 g/mol. The van der Waals surface area contributed by atoms with Crippen molar-refractivity contribution in [2.45, 2.75) is 19.8 Å². The second kappa shape index (κ2) is 5.74. The highest BCUT2D eigenvalue weighted by Crippen LogP contribution is 2.23. The van der Waals surface area contributed by atoms with Crippen LogP contribution in [0.25, 0.3) is 0 Å². The number of carboxylic acid groups (broad SMARTS) is 1. The maximum Gasteiger partial charge on any atom is 0.338 e. The van der Waals surface area contributed by atoms with Crippen LogP contribution < -0.4 is 10.6 Å². The van der Waals surface area contributed by atoms with Gasteiger partial charge in [0.2, 0.25) is 0 Å². The zero-order chi connectivity index (χ0) is 14.7. The second-order valence-electron chi connectivity index (χ2n) is 4.41. The molecule has 0 bridgehead atoms. The first-order valence-corrected chi connectivity index (χ1v) is 6.79. The van der Waals surface area contributed by atoms with E-state index in [4.69, 9.17) is 5.11 Å². The van der Waals surface area contributed by atoms with E-state index in [-0.39, 0.29) is 16.5 Å². The zero-order valence-corrected chi connectivity index (χ0v) is 11.7. The lowest BCUT2D eigenvalue weighted by atomic mass is 10.1. The first-order chi connectivity index (χ1) is 9.47. The van der Waals surface area contributed by atoms with Crippen LogP contribution in [-0.2, 0) is 0 Å². The van der Waals surface area contributed by atoms with E-state index in [0.717, 1.165) is 17.0 Å². The number of rotatable bonds is 4. The van der Waals surface area contributed by atoms with Crippen molar-refractivity contribution in [3.05, 3.63) is 28.8 Å². The fourth-order valence-electron chi connectivity index (χ4n) is 1.52. The summed E-state index contributed by atoms with van der Waals surface area (Å²) in [7, 11) is 0. The third kappa shape index (κ3) is 3.15. The quantitative estimate of drug-likeness (QED) is 0.695. The Morgan fingerprint density at radius 3 is 2.75 bits per heavy atom. The molecule has 0 unspecified atom stereocenters. The van der Waals surface area contributed by atoms with Crippen LogP contribution in [0, 0.1) is 0 Å². The maximum absolute atomic E-state index is 11.8. The molecule has 2 amide bonds. The summed E-state index contributed by atoms with van der Waals surface area (Å²) in [6, 6.07) is 2.64. The highest BCUT2D eigenvalue weighted by Gasteiger charge is 2.14. The number of aromatic nitrogens is 2.